The number of carbonyl (C=O) groups excluding carboxylic acids is 2. The molecule has 2 aromatic carbocycles. The molecule has 9 heteroatoms. The van der Waals surface area contributed by atoms with Gasteiger partial charge in [0.1, 0.15) is 0 Å². The second-order valence-electron chi connectivity index (χ2n) is 7.04. The van der Waals surface area contributed by atoms with E-state index in [9.17, 15) is 14.7 Å². The van der Waals surface area contributed by atoms with Crippen molar-refractivity contribution in [1.29, 1.82) is 0 Å². The normalized spacial score (nSPS) is 18.2. The molecule has 1 aliphatic heterocycles. The lowest BCUT2D eigenvalue weighted by Crippen LogP contribution is -3.12. The summed E-state index contributed by atoms with van der Waals surface area (Å²) >= 11 is 12.1. The van der Waals surface area contributed by atoms with Crippen molar-refractivity contribution < 1.29 is 19.6 Å². The fourth-order valence-electron chi connectivity index (χ4n) is 3.57. The first-order valence-electron chi connectivity index (χ1n) is 9.82. The van der Waals surface area contributed by atoms with Crippen molar-refractivity contribution in [3.63, 3.8) is 0 Å². The number of halogens is 2. The highest BCUT2D eigenvalue weighted by molar-refractivity contribution is 6.42. The van der Waals surface area contributed by atoms with Crippen LogP contribution in [0.4, 0.5) is 16.2 Å². The van der Waals surface area contributed by atoms with Crippen molar-refractivity contribution in [2.45, 2.75) is 19.6 Å². The first-order valence-corrected chi connectivity index (χ1v) is 10.6. The Labute approximate surface area is 185 Å². The zero-order chi connectivity index (χ0) is 21.9. The van der Waals surface area contributed by atoms with Gasteiger partial charge in [0.05, 0.1) is 47.6 Å². The van der Waals surface area contributed by atoms with Crippen LogP contribution in [0, 0.1) is 0 Å². The number of nitrogens with zero attached hydrogens (tertiary/aromatic N) is 1. The van der Waals surface area contributed by atoms with E-state index >= 15 is 0 Å². The predicted molar refractivity (Wildman–Crippen MR) is 118 cm³/mol. The number of urea groups is 1. The number of quaternary nitrogens is 1. The Kier molecular flexibility index (Phi) is 6.88. The number of hydrogen-bond donors (Lipinski definition) is 4. The van der Waals surface area contributed by atoms with Crippen LogP contribution in [0.2, 0.25) is 10.0 Å². The Morgan fingerprint density at radius 2 is 1.87 bits per heavy atom. The van der Waals surface area contributed by atoms with E-state index in [0.717, 1.165) is 18.0 Å². The van der Waals surface area contributed by atoms with Gasteiger partial charge in [0.25, 0.3) is 11.6 Å². The van der Waals surface area contributed by atoms with E-state index in [1.165, 1.54) is 23.1 Å². The molecule has 3 rings (SSSR count). The molecule has 0 aromatic heterocycles. The van der Waals surface area contributed by atoms with E-state index in [1.807, 2.05) is 0 Å². The summed E-state index contributed by atoms with van der Waals surface area (Å²) in [7, 11) is 0. The van der Waals surface area contributed by atoms with Gasteiger partial charge in [-0.1, -0.05) is 41.4 Å². The lowest BCUT2D eigenvalue weighted by atomic mass is 9.95. The van der Waals surface area contributed by atoms with E-state index in [2.05, 4.69) is 24.5 Å². The number of rotatable bonds is 7. The number of carbonyl (C=O) groups is 2. The highest BCUT2D eigenvalue weighted by atomic mass is 35.5. The molecule has 3 amide bonds. The maximum absolute atomic E-state index is 13.3. The number of nitrogens with one attached hydrogen (secondary N) is 3. The van der Waals surface area contributed by atoms with Gasteiger partial charge in [-0.05, 0) is 38.1 Å². The fraction of sp³-hybridized carbons (Fsp3) is 0.333. The Hall–Kier alpha value is -2.32. The lowest BCUT2D eigenvalue weighted by molar-refractivity contribution is -0.895. The Bertz CT molecular complexity index is 952. The second kappa shape index (κ2) is 9.22. The number of amides is 3. The minimum absolute atomic E-state index is 0.203. The minimum Gasteiger partial charge on any atom is -0.359 e. The third-order valence-corrected chi connectivity index (χ3v) is 6.05. The monoisotopic (exact) mass is 451 g/mol. The highest BCUT2D eigenvalue weighted by Crippen LogP contribution is 2.41. The van der Waals surface area contributed by atoms with Gasteiger partial charge in [0, 0.05) is 5.56 Å². The molecule has 0 radical (unpaired) electrons. The standard InChI is InChI=1S/C21H24Cl2N4O3/c1-3-26(4-2)12-11-24-19(28)21(30)15-7-5-6-8-18(15)25-20(29)27(21)14-9-10-16(22)17(23)13-14/h5-10,13,30H,3-4,11-12H2,1-2H3,(H,24,28)(H,25,29)/p+1. The van der Waals surface area contributed by atoms with Crippen LogP contribution in [0.3, 0.4) is 0 Å². The zero-order valence-corrected chi connectivity index (χ0v) is 18.3. The number of aliphatic hydroxyl groups is 1. The van der Waals surface area contributed by atoms with Crippen LogP contribution < -0.4 is 20.4 Å². The van der Waals surface area contributed by atoms with Gasteiger partial charge in [0.2, 0.25) is 0 Å². The molecule has 0 bridgehead atoms. The van der Waals surface area contributed by atoms with Gasteiger partial charge in [-0.3, -0.25) is 9.69 Å². The van der Waals surface area contributed by atoms with Crippen molar-refractivity contribution in [3.8, 4) is 0 Å². The molecule has 2 aromatic rings. The molecule has 30 heavy (non-hydrogen) atoms. The van der Waals surface area contributed by atoms with Crippen LogP contribution in [0.5, 0.6) is 0 Å². The Morgan fingerprint density at radius 3 is 2.53 bits per heavy atom. The number of anilines is 2. The molecular formula is C21H25Cl2N4O3+. The SMILES string of the molecule is CC[NH+](CC)CCNC(=O)C1(O)c2ccccc2NC(=O)N1c1ccc(Cl)c(Cl)c1. The van der Waals surface area contributed by atoms with E-state index in [4.69, 9.17) is 23.2 Å². The first-order chi connectivity index (χ1) is 14.3. The van der Waals surface area contributed by atoms with Crippen LogP contribution in [-0.4, -0.2) is 43.2 Å². The van der Waals surface area contributed by atoms with Crippen molar-refractivity contribution in [3.05, 3.63) is 58.1 Å². The summed E-state index contributed by atoms with van der Waals surface area (Å²) in [5.41, 5.74) is -1.38. The Balaban J connectivity index is 2.01. The van der Waals surface area contributed by atoms with Crippen LogP contribution in [-0.2, 0) is 10.5 Å². The fourth-order valence-corrected chi connectivity index (χ4v) is 3.86. The molecule has 1 heterocycles. The highest BCUT2D eigenvalue weighted by Gasteiger charge is 2.52. The average Bonchev–Trinajstić information content (AvgIpc) is 2.73. The zero-order valence-electron chi connectivity index (χ0n) is 16.8. The topological polar surface area (TPSA) is 86.1 Å². The summed E-state index contributed by atoms with van der Waals surface area (Å²) in [5, 5.41) is 17.7. The van der Waals surface area contributed by atoms with E-state index in [-0.39, 0.29) is 16.3 Å². The average molecular weight is 452 g/mol. The van der Waals surface area contributed by atoms with Gasteiger partial charge in [0.15, 0.2) is 0 Å². The predicted octanol–water partition coefficient (Wildman–Crippen LogP) is 2.23. The van der Waals surface area contributed by atoms with Crippen molar-refractivity contribution in [1.82, 2.24) is 5.32 Å². The van der Waals surface area contributed by atoms with Crippen LogP contribution in [0.1, 0.15) is 19.4 Å². The van der Waals surface area contributed by atoms with E-state index < -0.39 is 17.7 Å². The van der Waals surface area contributed by atoms with Gasteiger partial charge >= 0.3 is 6.03 Å². The van der Waals surface area contributed by atoms with Crippen LogP contribution in [0.15, 0.2) is 42.5 Å². The van der Waals surface area contributed by atoms with Gasteiger partial charge < -0.3 is 20.6 Å². The molecule has 7 nitrogen and oxygen atoms in total. The number of likely N-dealkylation sites (N-methyl/N-ethyl adjacent to an activating group) is 1. The quantitative estimate of drug-likeness (QED) is 0.520. The minimum atomic E-state index is -2.26. The van der Waals surface area contributed by atoms with Crippen molar-refractivity contribution >= 4 is 46.5 Å². The summed E-state index contributed by atoms with van der Waals surface area (Å²) < 4.78 is 0. The van der Waals surface area contributed by atoms with Crippen LogP contribution in [0.25, 0.3) is 0 Å². The summed E-state index contributed by atoms with van der Waals surface area (Å²) in [4.78, 5) is 28.5. The maximum Gasteiger partial charge on any atom is 0.329 e. The second-order valence-corrected chi connectivity index (χ2v) is 7.86. The number of benzene rings is 2. The third kappa shape index (κ3) is 4.11. The maximum atomic E-state index is 13.3. The van der Waals surface area contributed by atoms with E-state index in [0.29, 0.717) is 23.8 Å². The van der Waals surface area contributed by atoms with Gasteiger partial charge in [-0.15, -0.1) is 0 Å². The third-order valence-electron chi connectivity index (χ3n) is 5.31. The summed E-state index contributed by atoms with van der Waals surface area (Å²) in [6.45, 7) is 7.06. The molecular weight excluding hydrogens is 427 g/mol. The smallest absolute Gasteiger partial charge is 0.329 e. The molecule has 0 aliphatic carbocycles. The summed E-state index contributed by atoms with van der Waals surface area (Å²) in [6, 6.07) is 10.5. The molecule has 160 valence electrons. The summed E-state index contributed by atoms with van der Waals surface area (Å²) in [5.74, 6) is -0.692. The molecule has 0 saturated carbocycles. The Morgan fingerprint density at radius 1 is 1.17 bits per heavy atom. The number of hydrogen-bond acceptors (Lipinski definition) is 3. The van der Waals surface area contributed by atoms with E-state index in [1.54, 1.807) is 24.3 Å². The molecule has 4 N–H and O–H groups in total. The largest absolute Gasteiger partial charge is 0.359 e. The molecule has 0 fully saturated rings. The molecule has 1 unspecified atom stereocenters. The molecule has 0 saturated heterocycles. The summed E-state index contributed by atoms with van der Waals surface area (Å²) in [6.07, 6.45) is 0. The number of fused-ring (bicyclic) bond motifs is 1. The first kappa shape index (κ1) is 22.4. The molecule has 0 spiro atoms. The molecule has 1 aliphatic rings. The molecule has 1 atom stereocenters. The van der Waals surface area contributed by atoms with Gasteiger partial charge in [-0.2, -0.15) is 0 Å². The van der Waals surface area contributed by atoms with Crippen molar-refractivity contribution in [2.24, 2.45) is 0 Å². The lowest BCUT2D eigenvalue weighted by Gasteiger charge is -2.42. The van der Waals surface area contributed by atoms with Crippen molar-refractivity contribution in [2.75, 3.05) is 36.4 Å². The van der Waals surface area contributed by atoms with Gasteiger partial charge in [-0.25, -0.2) is 4.79 Å². The van der Waals surface area contributed by atoms with Crippen LogP contribution >= 0.6 is 23.2 Å². The number of para-hydroxylation sites is 1.